The van der Waals surface area contributed by atoms with Gasteiger partial charge in [0, 0.05) is 33.9 Å². The molecule has 0 spiro atoms. The molecule has 0 fully saturated rings. The van der Waals surface area contributed by atoms with Crippen molar-refractivity contribution < 1.29 is 17.6 Å². The molecule has 0 aliphatic heterocycles. The van der Waals surface area contributed by atoms with Crippen molar-refractivity contribution in [2.24, 2.45) is 4.99 Å². The van der Waals surface area contributed by atoms with Gasteiger partial charge in [0.15, 0.2) is 5.03 Å². The van der Waals surface area contributed by atoms with Gasteiger partial charge in [0.05, 0.1) is 0 Å². The molecule has 0 bridgehead atoms. The summed E-state index contributed by atoms with van der Waals surface area (Å²) >= 11 is 11.7. The van der Waals surface area contributed by atoms with Gasteiger partial charge in [0.25, 0.3) is 15.9 Å². The van der Waals surface area contributed by atoms with Crippen LogP contribution in [0, 0.1) is 5.82 Å². The third-order valence-corrected chi connectivity index (χ3v) is 6.67. The monoisotopic (exact) mass is 572 g/mol. The summed E-state index contributed by atoms with van der Waals surface area (Å²) in [5.74, 6) is -1.07. The summed E-state index contributed by atoms with van der Waals surface area (Å²) in [5.41, 5.74) is 0.533. The van der Waals surface area contributed by atoms with Crippen LogP contribution in [0.25, 0.3) is 0 Å². The number of nitrogens with zero attached hydrogens (tertiary/aromatic N) is 3. The van der Waals surface area contributed by atoms with Crippen molar-refractivity contribution in [2.45, 2.75) is 11.6 Å². The Kier molecular flexibility index (Phi) is 8.52. The molecule has 0 saturated heterocycles. The number of guanidine groups is 1. The topological polar surface area (TPSA) is 125 Å². The molecule has 4 aromatic rings. The number of rotatable bonds is 7. The van der Waals surface area contributed by atoms with E-state index in [9.17, 15) is 17.6 Å². The van der Waals surface area contributed by atoms with Crippen LogP contribution in [0.4, 0.5) is 16.0 Å². The SMILES string of the molecule is O=C(/N=C(/NCc1ccc(Cl)cc1F)Nc1cccc(NS(=O)(=O)c2ccccn2)n1)c1ccc(Cl)cc1. The van der Waals surface area contributed by atoms with Gasteiger partial charge < -0.3 is 10.6 Å². The molecule has 2 heterocycles. The Hall–Kier alpha value is -4.06. The van der Waals surface area contributed by atoms with Crippen LogP contribution in [-0.2, 0) is 16.6 Å². The van der Waals surface area contributed by atoms with E-state index in [1.165, 1.54) is 54.7 Å². The summed E-state index contributed by atoms with van der Waals surface area (Å²) in [5, 5.41) is 6.23. The van der Waals surface area contributed by atoms with Crippen LogP contribution in [0.3, 0.4) is 0 Å². The molecule has 0 unspecified atom stereocenters. The molecule has 2 aromatic carbocycles. The predicted octanol–water partition coefficient (Wildman–Crippen LogP) is 5.12. The summed E-state index contributed by atoms with van der Waals surface area (Å²) in [6.45, 7) is -0.0469. The predicted molar refractivity (Wildman–Crippen MR) is 144 cm³/mol. The smallest absolute Gasteiger partial charge is 0.280 e. The maximum atomic E-state index is 14.3. The molecule has 2 aromatic heterocycles. The second-order valence-electron chi connectivity index (χ2n) is 7.67. The molecular formula is C25H19Cl2FN6O3S. The molecule has 9 nitrogen and oxygen atoms in total. The molecule has 38 heavy (non-hydrogen) atoms. The lowest BCUT2D eigenvalue weighted by atomic mass is 10.2. The lowest BCUT2D eigenvalue weighted by Crippen LogP contribution is -2.32. The molecule has 194 valence electrons. The van der Waals surface area contributed by atoms with Gasteiger partial charge in [-0.05, 0) is 60.7 Å². The van der Waals surface area contributed by atoms with E-state index < -0.39 is 21.7 Å². The minimum atomic E-state index is -3.99. The third-order valence-electron chi connectivity index (χ3n) is 4.91. The number of anilines is 2. The van der Waals surface area contributed by atoms with E-state index in [-0.39, 0.29) is 45.3 Å². The average molecular weight is 573 g/mol. The molecular weight excluding hydrogens is 554 g/mol. The van der Waals surface area contributed by atoms with Crippen LogP contribution in [0.1, 0.15) is 15.9 Å². The van der Waals surface area contributed by atoms with Crippen LogP contribution < -0.4 is 15.4 Å². The molecule has 0 aliphatic carbocycles. The van der Waals surface area contributed by atoms with Crippen LogP contribution >= 0.6 is 23.2 Å². The second-order valence-corrected chi connectivity index (χ2v) is 10.2. The zero-order valence-electron chi connectivity index (χ0n) is 19.4. The van der Waals surface area contributed by atoms with Crippen LogP contribution in [-0.4, -0.2) is 30.3 Å². The highest BCUT2D eigenvalue weighted by molar-refractivity contribution is 7.92. The van der Waals surface area contributed by atoms with E-state index in [1.54, 1.807) is 30.3 Å². The van der Waals surface area contributed by atoms with Crippen LogP contribution in [0.2, 0.25) is 10.0 Å². The first-order valence-electron chi connectivity index (χ1n) is 10.9. The first kappa shape index (κ1) is 27.0. The zero-order chi connectivity index (χ0) is 27.1. The minimum Gasteiger partial charge on any atom is -0.351 e. The zero-order valence-corrected chi connectivity index (χ0v) is 21.7. The Bertz CT molecular complexity index is 1590. The minimum absolute atomic E-state index is 0.00669. The van der Waals surface area contributed by atoms with Crippen molar-refractivity contribution in [3.05, 3.63) is 112 Å². The highest BCUT2D eigenvalue weighted by Crippen LogP contribution is 2.17. The van der Waals surface area contributed by atoms with Gasteiger partial charge in [-0.2, -0.15) is 13.4 Å². The third kappa shape index (κ3) is 7.25. The first-order chi connectivity index (χ1) is 18.2. The Morgan fingerprint density at radius 1 is 0.921 bits per heavy atom. The Balaban J connectivity index is 1.58. The highest BCUT2D eigenvalue weighted by Gasteiger charge is 2.16. The molecule has 0 saturated carbocycles. The lowest BCUT2D eigenvalue weighted by Gasteiger charge is -2.13. The van der Waals surface area contributed by atoms with Crippen molar-refractivity contribution in [3.8, 4) is 0 Å². The van der Waals surface area contributed by atoms with E-state index in [0.717, 1.165) is 0 Å². The van der Waals surface area contributed by atoms with Crippen LogP contribution in [0.5, 0.6) is 0 Å². The number of nitrogens with one attached hydrogen (secondary N) is 3. The van der Waals surface area contributed by atoms with Gasteiger partial charge in [-0.15, -0.1) is 0 Å². The number of amides is 1. The van der Waals surface area contributed by atoms with Gasteiger partial charge >= 0.3 is 0 Å². The van der Waals surface area contributed by atoms with Gasteiger partial charge in [-0.1, -0.05) is 41.4 Å². The Morgan fingerprint density at radius 2 is 1.66 bits per heavy atom. The number of benzene rings is 2. The van der Waals surface area contributed by atoms with Gasteiger partial charge in [0.1, 0.15) is 17.5 Å². The van der Waals surface area contributed by atoms with Crippen molar-refractivity contribution in [1.82, 2.24) is 15.3 Å². The van der Waals surface area contributed by atoms with E-state index in [2.05, 4.69) is 30.3 Å². The largest absolute Gasteiger partial charge is 0.351 e. The quantitative estimate of drug-likeness (QED) is 0.207. The number of sulfonamides is 1. The summed E-state index contributed by atoms with van der Waals surface area (Å²) in [4.78, 5) is 24.9. The lowest BCUT2D eigenvalue weighted by molar-refractivity contribution is 0.100. The van der Waals surface area contributed by atoms with Crippen molar-refractivity contribution in [1.29, 1.82) is 0 Å². The molecule has 0 aliphatic rings. The number of aliphatic imine (C=N–C) groups is 1. The summed E-state index contributed by atoms with van der Waals surface area (Å²) < 4.78 is 41.9. The highest BCUT2D eigenvalue weighted by atomic mass is 35.5. The molecule has 0 radical (unpaired) electrons. The maximum Gasteiger partial charge on any atom is 0.280 e. The summed E-state index contributed by atoms with van der Waals surface area (Å²) in [6.07, 6.45) is 1.36. The number of carbonyl (C=O) groups excluding carboxylic acids is 1. The molecule has 4 rings (SSSR count). The fraction of sp³-hybridized carbons (Fsp3) is 0.0400. The van der Waals surface area contributed by atoms with E-state index >= 15 is 0 Å². The first-order valence-corrected chi connectivity index (χ1v) is 13.2. The molecule has 0 atom stereocenters. The Morgan fingerprint density at radius 3 is 2.37 bits per heavy atom. The molecule has 13 heteroatoms. The average Bonchev–Trinajstić information content (AvgIpc) is 2.89. The molecule has 3 N–H and O–H groups in total. The standard InChI is InChI=1S/C25H19Cl2FN6O3S/c26-18-10-7-16(8-11-18)24(35)33-25(30-15-17-9-12-19(27)14-20(17)28)32-21-4-3-5-22(31-21)34-38(36,37)23-6-1-2-13-29-23/h1-14H,15H2,(H3,30,31,32,33,34,35). The van der Waals surface area contributed by atoms with Crippen molar-refractivity contribution >= 4 is 56.7 Å². The van der Waals surface area contributed by atoms with E-state index in [4.69, 9.17) is 23.2 Å². The number of carbonyl (C=O) groups is 1. The molecule has 1 amide bonds. The summed E-state index contributed by atoms with van der Waals surface area (Å²) in [6, 6.07) is 19.3. The fourth-order valence-electron chi connectivity index (χ4n) is 3.09. The number of pyridine rings is 2. The van der Waals surface area contributed by atoms with Gasteiger partial charge in [-0.3, -0.25) is 9.52 Å². The fourth-order valence-corrected chi connectivity index (χ4v) is 4.33. The summed E-state index contributed by atoms with van der Waals surface area (Å²) in [7, 11) is -3.99. The normalized spacial score (nSPS) is 11.6. The number of hydrogen-bond donors (Lipinski definition) is 3. The van der Waals surface area contributed by atoms with Crippen molar-refractivity contribution in [2.75, 3.05) is 10.0 Å². The van der Waals surface area contributed by atoms with Crippen LogP contribution in [0.15, 0.2) is 95.1 Å². The van der Waals surface area contributed by atoms with Gasteiger partial charge in [-0.25, -0.2) is 14.4 Å². The maximum absolute atomic E-state index is 14.3. The number of hydrogen-bond acceptors (Lipinski definition) is 5. The van der Waals surface area contributed by atoms with Gasteiger partial charge in [0.2, 0.25) is 5.96 Å². The van der Waals surface area contributed by atoms with E-state index in [1.807, 2.05) is 0 Å². The second kappa shape index (κ2) is 12.0. The number of halogens is 3. The van der Waals surface area contributed by atoms with Crippen molar-refractivity contribution in [3.63, 3.8) is 0 Å². The Labute approximate surface area is 227 Å². The number of aromatic nitrogens is 2. The van der Waals surface area contributed by atoms with E-state index in [0.29, 0.717) is 5.02 Å².